The fraction of sp³-hybridized carbons (Fsp3) is 0.471. The van der Waals surface area contributed by atoms with Gasteiger partial charge >= 0.3 is 0 Å². The van der Waals surface area contributed by atoms with E-state index >= 15 is 0 Å². The number of hydrogen-bond donors (Lipinski definition) is 1. The van der Waals surface area contributed by atoms with Gasteiger partial charge in [-0.3, -0.25) is 9.88 Å². The molecule has 1 N–H and O–H groups in total. The number of aromatic nitrogens is 1. The smallest absolute Gasteiger partial charge is 0.0346 e. The Balaban J connectivity index is 1.83. The average Bonchev–Trinajstić information content (AvgIpc) is 2.62. The van der Waals surface area contributed by atoms with Crippen LogP contribution in [0.3, 0.4) is 0 Å². The van der Waals surface area contributed by atoms with Crippen LogP contribution in [0, 0.1) is 0 Å². The fourth-order valence-electron chi connectivity index (χ4n) is 3.09. The molecule has 0 saturated carbocycles. The van der Waals surface area contributed by atoms with Crippen molar-refractivity contribution < 1.29 is 0 Å². The van der Waals surface area contributed by atoms with Gasteiger partial charge in [-0.1, -0.05) is 12.1 Å². The van der Waals surface area contributed by atoms with Crippen LogP contribution in [-0.4, -0.2) is 35.1 Å². The summed E-state index contributed by atoms with van der Waals surface area (Å²) >= 11 is 0. The van der Waals surface area contributed by atoms with Crippen molar-refractivity contribution in [3.63, 3.8) is 0 Å². The van der Waals surface area contributed by atoms with Crippen LogP contribution in [-0.2, 0) is 6.54 Å². The number of hydrogen-bond acceptors (Lipinski definition) is 3. The zero-order valence-electron chi connectivity index (χ0n) is 12.3. The summed E-state index contributed by atoms with van der Waals surface area (Å²) in [7, 11) is 0. The normalized spacial score (nSPS) is 24.7. The first-order valence-electron chi connectivity index (χ1n) is 7.53. The van der Waals surface area contributed by atoms with Gasteiger partial charge in [0.1, 0.15) is 0 Å². The molecular weight excluding hydrogens is 246 g/mol. The highest BCUT2D eigenvalue weighted by molar-refractivity contribution is 5.81. The van der Waals surface area contributed by atoms with Crippen LogP contribution < -0.4 is 5.32 Å². The summed E-state index contributed by atoms with van der Waals surface area (Å²) in [4.78, 5) is 6.79. The Morgan fingerprint density at radius 1 is 1.20 bits per heavy atom. The summed E-state index contributed by atoms with van der Waals surface area (Å²) in [6.07, 6.45) is 5.02. The SMILES string of the molecule is C[C@@H]1CCNC[C@@H](C)N1Cc1ccc2cnccc2c1. The van der Waals surface area contributed by atoms with Crippen LogP contribution in [0.2, 0.25) is 0 Å². The molecule has 106 valence electrons. The van der Waals surface area contributed by atoms with Crippen LogP contribution in [0.15, 0.2) is 36.7 Å². The molecule has 1 fully saturated rings. The van der Waals surface area contributed by atoms with Gasteiger partial charge in [-0.05, 0) is 49.9 Å². The third-order valence-electron chi connectivity index (χ3n) is 4.38. The average molecular weight is 269 g/mol. The van der Waals surface area contributed by atoms with Crippen LogP contribution in [0.1, 0.15) is 25.8 Å². The zero-order chi connectivity index (χ0) is 13.9. The predicted octanol–water partition coefficient (Wildman–Crippen LogP) is 2.81. The van der Waals surface area contributed by atoms with E-state index < -0.39 is 0 Å². The quantitative estimate of drug-likeness (QED) is 0.908. The van der Waals surface area contributed by atoms with Crippen LogP contribution in [0.5, 0.6) is 0 Å². The summed E-state index contributed by atoms with van der Waals surface area (Å²) < 4.78 is 0. The predicted molar refractivity (Wildman–Crippen MR) is 83.7 cm³/mol. The molecule has 1 saturated heterocycles. The Morgan fingerprint density at radius 2 is 2.10 bits per heavy atom. The van der Waals surface area contributed by atoms with Gasteiger partial charge in [0.2, 0.25) is 0 Å². The molecule has 3 rings (SSSR count). The summed E-state index contributed by atoms with van der Waals surface area (Å²) in [5.74, 6) is 0. The van der Waals surface area contributed by atoms with Crippen LogP contribution >= 0.6 is 0 Å². The van der Waals surface area contributed by atoms with Gasteiger partial charge in [-0.25, -0.2) is 0 Å². The Hall–Kier alpha value is -1.45. The highest BCUT2D eigenvalue weighted by atomic mass is 15.2. The third kappa shape index (κ3) is 2.84. The number of rotatable bonds is 2. The highest BCUT2D eigenvalue weighted by Crippen LogP contribution is 2.19. The molecule has 1 aliphatic heterocycles. The minimum absolute atomic E-state index is 0.584. The maximum atomic E-state index is 4.18. The van der Waals surface area contributed by atoms with Gasteiger partial charge in [0.05, 0.1) is 0 Å². The first-order valence-corrected chi connectivity index (χ1v) is 7.53. The van der Waals surface area contributed by atoms with Gasteiger partial charge in [-0.15, -0.1) is 0 Å². The van der Waals surface area contributed by atoms with E-state index in [0.717, 1.165) is 19.6 Å². The van der Waals surface area contributed by atoms with E-state index in [2.05, 4.69) is 53.3 Å². The number of benzene rings is 1. The second-order valence-corrected chi connectivity index (χ2v) is 5.92. The minimum atomic E-state index is 0.584. The van der Waals surface area contributed by atoms with Crippen molar-refractivity contribution in [2.75, 3.05) is 13.1 Å². The van der Waals surface area contributed by atoms with E-state index in [0.29, 0.717) is 12.1 Å². The van der Waals surface area contributed by atoms with Gasteiger partial charge in [-0.2, -0.15) is 0 Å². The summed E-state index contributed by atoms with van der Waals surface area (Å²) in [6.45, 7) is 7.91. The molecule has 1 aromatic heterocycles. The Labute approximate surface area is 121 Å². The van der Waals surface area contributed by atoms with E-state index in [9.17, 15) is 0 Å². The third-order valence-corrected chi connectivity index (χ3v) is 4.38. The van der Waals surface area contributed by atoms with Crippen molar-refractivity contribution in [2.45, 2.75) is 38.9 Å². The Morgan fingerprint density at radius 3 is 3.00 bits per heavy atom. The molecule has 2 aromatic rings. The van der Waals surface area contributed by atoms with E-state index in [-0.39, 0.29) is 0 Å². The lowest BCUT2D eigenvalue weighted by atomic mass is 10.1. The van der Waals surface area contributed by atoms with Gasteiger partial charge in [0.25, 0.3) is 0 Å². The zero-order valence-corrected chi connectivity index (χ0v) is 12.3. The van der Waals surface area contributed by atoms with Crippen molar-refractivity contribution in [1.82, 2.24) is 15.2 Å². The molecule has 3 nitrogen and oxygen atoms in total. The van der Waals surface area contributed by atoms with Crippen molar-refractivity contribution in [2.24, 2.45) is 0 Å². The first-order chi connectivity index (χ1) is 9.74. The van der Waals surface area contributed by atoms with E-state index in [1.54, 1.807) is 0 Å². The van der Waals surface area contributed by atoms with Crippen molar-refractivity contribution in [3.8, 4) is 0 Å². The molecule has 1 aromatic carbocycles. The van der Waals surface area contributed by atoms with E-state index in [1.165, 1.54) is 22.8 Å². The molecule has 20 heavy (non-hydrogen) atoms. The lowest BCUT2D eigenvalue weighted by Gasteiger charge is -2.32. The summed E-state index contributed by atoms with van der Waals surface area (Å²) in [5.41, 5.74) is 1.39. The number of nitrogens with one attached hydrogen (secondary N) is 1. The molecule has 2 atom stereocenters. The molecule has 0 aliphatic carbocycles. The second kappa shape index (κ2) is 5.90. The maximum Gasteiger partial charge on any atom is 0.0346 e. The molecule has 0 spiro atoms. The Bertz CT molecular complexity index is 569. The van der Waals surface area contributed by atoms with Gasteiger partial charge < -0.3 is 5.32 Å². The topological polar surface area (TPSA) is 28.2 Å². The number of nitrogens with zero attached hydrogens (tertiary/aromatic N) is 2. The molecular formula is C17H23N3. The van der Waals surface area contributed by atoms with Crippen molar-refractivity contribution in [1.29, 1.82) is 0 Å². The standard InChI is InChI=1S/C17H23N3/c1-13-5-7-18-10-14(2)20(13)12-15-3-4-17-11-19-8-6-16(17)9-15/h3-4,6,8-9,11,13-14,18H,5,7,10,12H2,1-2H3/t13-,14-/m1/s1. The van der Waals surface area contributed by atoms with Gasteiger partial charge in [0.15, 0.2) is 0 Å². The monoisotopic (exact) mass is 269 g/mol. The van der Waals surface area contributed by atoms with Crippen LogP contribution in [0.25, 0.3) is 10.8 Å². The number of fused-ring (bicyclic) bond motifs is 1. The second-order valence-electron chi connectivity index (χ2n) is 5.92. The molecule has 2 heterocycles. The fourth-order valence-corrected chi connectivity index (χ4v) is 3.09. The first kappa shape index (κ1) is 13.5. The lowest BCUT2D eigenvalue weighted by molar-refractivity contribution is 0.154. The molecule has 0 radical (unpaired) electrons. The minimum Gasteiger partial charge on any atom is -0.315 e. The van der Waals surface area contributed by atoms with E-state index in [4.69, 9.17) is 0 Å². The van der Waals surface area contributed by atoms with Gasteiger partial charge in [0, 0.05) is 43.0 Å². The Kier molecular flexibility index (Phi) is 3.99. The molecule has 0 bridgehead atoms. The van der Waals surface area contributed by atoms with Crippen molar-refractivity contribution in [3.05, 3.63) is 42.2 Å². The number of pyridine rings is 1. The highest BCUT2D eigenvalue weighted by Gasteiger charge is 2.22. The molecule has 0 amide bonds. The van der Waals surface area contributed by atoms with Crippen LogP contribution in [0.4, 0.5) is 0 Å². The molecule has 1 aliphatic rings. The lowest BCUT2D eigenvalue weighted by Crippen LogP contribution is -2.41. The summed E-state index contributed by atoms with van der Waals surface area (Å²) in [6, 6.07) is 10.0. The van der Waals surface area contributed by atoms with Crippen molar-refractivity contribution >= 4 is 10.8 Å². The molecule has 3 heteroatoms. The maximum absolute atomic E-state index is 4.18. The molecule has 0 unspecified atom stereocenters. The largest absolute Gasteiger partial charge is 0.315 e. The van der Waals surface area contributed by atoms with E-state index in [1.807, 2.05) is 12.4 Å². The summed E-state index contributed by atoms with van der Waals surface area (Å²) in [5, 5.41) is 6.02.